The summed E-state index contributed by atoms with van der Waals surface area (Å²) >= 11 is 0. The Morgan fingerprint density at radius 1 is 1.04 bits per heavy atom. The van der Waals surface area contributed by atoms with Crippen molar-refractivity contribution in [1.82, 2.24) is 0 Å². The second kappa shape index (κ2) is 7.64. The maximum atomic E-state index is 10.4. The van der Waals surface area contributed by atoms with Gasteiger partial charge in [-0.2, -0.15) is 0 Å². The largest absolute Gasteiger partial charge is 0.507 e. The highest BCUT2D eigenvalue weighted by atomic mass is 16.5. The van der Waals surface area contributed by atoms with E-state index in [1.165, 1.54) is 6.07 Å². The van der Waals surface area contributed by atoms with Gasteiger partial charge in [0.15, 0.2) is 5.76 Å². The summed E-state index contributed by atoms with van der Waals surface area (Å²) in [6.07, 6.45) is 1.16. The zero-order chi connectivity index (χ0) is 20.5. The van der Waals surface area contributed by atoms with Gasteiger partial charge < -0.3 is 29.5 Å². The van der Waals surface area contributed by atoms with E-state index in [0.29, 0.717) is 47.7 Å². The first-order valence-electron chi connectivity index (χ1n) is 9.12. The first kappa shape index (κ1) is 19.9. The molecule has 0 radical (unpaired) electrons. The van der Waals surface area contributed by atoms with E-state index in [2.05, 4.69) is 0 Å². The van der Waals surface area contributed by atoms with Crippen molar-refractivity contribution in [2.45, 2.75) is 38.7 Å². The molecule has 0 bridgehead atoms. The number of ether oxygens (including phenoxy) is 3. The van der Waals surface area contributed by atoms with Crippen LogP contribution in [0.15, 0.2) is 36.1 Å². The van der Waals surface area contributed by atoms with E-state index in [1.807, 2.05) is 24.3 Å². The number of benzene rings is 2. The third kappa shape index (κ3) is 4.02. The van der Waals surface area contributed by atoms with Crippen molar-refractivity contribution in [3.05, 3.63) is 52.8 Å². The molecule has 1 heterocycles. The van der Waals surface area contributed by atoms with Crippen LogP contribution in [0.25, 0.3) is 5.76 Å². The first-order chi connectivity index (χ1) is 13.2. The molecule has 0 unspecified atom stereocenters. The lowest BCUT2D eigenvalue weighted by Gasteiger charge is -2.27. The lowest BCUT2D eigenvalue weighted by Crippen LogP contribution is -2.20. The molecule has 0 atom stereocenters. The van der Waals surface area contributed by atoms with Crippen LogP contribution in [-0.4, -0.2) is 35.1 Å². The van der Waals surface area contributed by atoms with Gasteiger partial charge in [0.05, 0.1) is 19.8 Å². The number of hydrogen-bond acceptors (Lipinski definition) is 6. The van der Waals surface area contributed by atoms with Crippen LogP contribution in [0.4, 0.5) is 0 Å². The number of hydrogen-bond donors (Lipinski definition) is 3. The van der Waals surface area contributed by atoms with Gasteiger partial charge in [-0.15, -0.1) is 0 Å². The average molecular weight is 386 g/mol. The summed E-state index contributed by atoms with van der Waals surface area (Å²) in [4.78, 5) is 0. The van der Waals surface area contributed by atoms with Crippen LogP contribution < -0.4 is 9.47 Å². The molecule has 0 fully saturated rings. The van der Waals surface area contributed by atoms with Crippen molar-refractivity contribution in [1.29, 1.82) is 0 Å². The van der Waals surface area contributed by atoms with E-state index in [0.717, 1.165) is 11.3 Å². The molecule has 2 aromatic rings. The third-order valence-corrected chi connectivity index (χ3v) is 4.82. The Morgan fingerprint density at radius 3 is 2.29 bits per heavy atom. The predicted molar refractivity (Wildman–Crippen MR) is 106 cm³/mol. The summed E-state index contributed by atoms with van der Waals surface area (Å²) in [7, 11) is 3.16. The van der Waals surface area contributed by atoms with Crippen LogP contribution in [0.1, 0.15) is 37.0 Å². The summed E-state index contributed by atoms with van der Waals surface area (Å²) in [6, 6.07) is 8.68. The van der Waals surface area contributed by atoms with Gasteiger partial charge >= 0.3 is 0 Å². The first-order valence-corrected chi connectivity index (χ1v) is 9.12. The number of phenols is 2. The summed E-state index contributed by atoms with van der Waals surface area (Å²) < 4.78 is 16.9. The molecule has 1 aliphatic rings. The van der Waals surface area contributed by atoms with Crippen molar-refractivity contribution in [3.63, 3.8) is 0 Å². The zero-order valence-electron chi connectivity index (χ0n) is 16.6. The topological polar surface area (TPSA) is 88.4 Å². The molecule has 2 aromatic carbocycles. The van der Waals surface area contributed by atoms with Gasteiger partial charge in [-0.25, -0.2) is 0 Å². The molecule has 0 aromatic heterocycles. The van der Waals surface area contributed by atoms with Crippen molar-refractivity contribution in [3.8, 4) is 23.0 Å². The molecule has 0 aliphatic carbocycles. The number of aliphatic hydroxyl groups is 1. The molecule has 6 nitrogen and oxygen atoms in total. The highest BCUT2D eigenvalue weighted by Gasteiger charge is 2.29. The molecule has 6 heteroatoms. The fourth-order valence-electron chi connectivity index (χ4n) is 3.21. The fraction of sp³-hybridized carbons (Fsp3) is 0.364. The highest BCUT2D eigenvalue weighted by Crippen LogP contribution is 2.46. The summed E-state index contributed by atoms with van der Waals surface area (Å²) in [5.41, 5.74) is 1.01. The van der Waals surface area contributed by atoms with E-state index >= 15 is 0 Å². The standard InChI is InChI=1S/C22H26O6/c1-22(2,25)10-9-15-17(23)12-18(24)16-11-19(27-4)20(28-21(15)16)13-5-7-14(26-3)8-6-13/h5-8,12,23-25H,9-11H2,1-4H3. The molecular formula is C22H26O6. The molecule has 0 saturated heterocycles. The minimum absolute atomic E-state index is 0.0529. The normalized spacial score (nSPS) is 13.8. The summed E-state index contributed by atoms with van der Waals surface area (Å²) in [6.45, 7) is 3.42. The maximum absolute atomic E-state index is 10.4. The molecule has 1 aliphatic heterocycles. The molecule has 0 saturated carbocycles. The smallest absolute Gasteiger partial charge is 0.172 e. The van der Waals surface area contributed by atoms with Crippen molar-refractivity contribution >= 4 is 5.76 Å². The van der Waals surface area contributed by atoms with E-state index in [1.54, 1.807) is 28.1 Å². The van der Waals surface area contributed by atoms with E-state index in [9.17, 15) is 15.3 Å². The predicted octanol–water partition coefficient (Wildman–Crippen LogP) is 3.76. The maximum Gasteiger partial charge on any atom is 0.172 e. The monoisotopic (exact) mass is 386 g/mol. The molecule has 3 N–H and O–H groups in total. The number of fused-ring (bicyclic) bond motifs is 1. The second-order valence-electron chi connectivity index (χ2n) is 7.48. The average Bonchev–Trinajstić information content (AvgIpc) is 2.66. The van der Waals surface area contributed by atoms with Crippen LogP contribution in [0.2, 0.25) is 0 Å². The number of phenolic OH excluding ortho intramolecular Hbond substituents is 2. The number of allylic oxidation sites excluding steroid dienone is 1. The molecule has 28 heavy (non-hydrogen) atoms. The second-order valence-corrected chi connectivity index (χ2v) is 7.48. The van der Waals surface area contributed by atoms with E-state index in [4.69, 9.17) is 14.2 Å². The van der Waals surface area contributed by atoms with Crippen molar-refractivity contribution < 1.29 is 29.5 Å². The summed E-state index contributed by atoms with van der Waals surface area (Å²) in [5, 5.41) is 30.8. The van der Waals surface area contributed by atoms with Gasteiger partial charge in [-0.3, -0.25) is 0 Å². The molecular weight excluding hydrogens is 360 g/mol. The van der Waals surface area contributed by atoms with Crippen LogP contribution in [0.5, 0.6) is 23.0 Å². The Bertz CT molecular complexity index is 891. The SMILES string of the molecule is COC1=C(c2ccc(OC)cc2)Oc2c(CCC(C)(C)O)c(O)cc(O)c2C1. The number of rotatable bonds is 6. The van der Waals surface area contributed by atoms with Gasteiger partial charge in [-0.1, -0.05) is 0 Å². The number of methoxy groups -OCH3 is 2. The van der Waals surface area contributed by atoms with Gasteiger partial charge in [-0.05, 0) is 51.0 Å². The van der Waals surface area contributed by atoms with Gasteiger partial charge in [0, 0.05) is 29.2 Å². The Morgan fingerprint density at radius 2 is 1.71 bits per heavy atom. The van der Waals surface area contributed by atoms with E-state index < -0.39 is 5.60 Å². The van der Waals surface area contributed by atoms with Gasteiger partial charge in [0.25, 0.3) is 0 Å². The minimum atomic E-state index is -0.891. The lowest BCUT2D eigenvalue weighted by atomic mass is 9.93. The lowest BCUT2D eigenvalue weighted by molar-refractivity contribution is 0.0711. The van der Waals surface area contributed by atoms with Crippen LogP contribution in [0.3, 0.4) is 0 Å². The molecule has 3 rings (SSSR count). The Balaban J connectivity index is 2.04. The highest BCUT2D eigenvalue weighted by molar-refractivity contribution is 5.71. The quantitative estimate of drug-likeness (QED) is 0.701. The van der Waals surface area contributed by atoms with Crippen molar-refractivity contribution in [2.75, 3.05) is 14.2 Å². The Hall–Kier alpha value is -2.86. The van der Waals surface area contributed by atoms with Crippen LogP contribution in [-0.2, 0) is 17.6 Å². The Kier molecular flexibility index (Phi) is 5.42. The fourth-order valence-corrected chi connectivity index (χ4v) is 3.21. The molecule has 0 amide bonds. The zero-order valence-corrected chi connectivity index (χ0v) is 16.6. The Labute approximate surface area is 164 Å². The van der Waals surface area contributed by atoms with E-state index in [-0.39, 0.29) is 11.5 Å². The van der Waals surface area contributed by atoms with Gasteiger partial charge in [0.2, 0.25) is 0 Å². The summed E-state index contributed by atoms with van der Waals surface area (Å²) in [5.74, 6) is 2.12. The van der Waals surface area contributed by atoms with Gasteiger partial charge in [0.1, 0.15) is 28.8 Å². The van der Waals surface area contributed by atoms with Crippen LogP contribution in [0, 0.1) is 0 Å². The molecule has 0 spiro atoms. The molecule has 150 valence electrons. The van der Waals surface area contributed by atoms with Crippen molar-refractivity contribution in [2.24, 2.45) is 0 Å². The number of aromatic hydroxyl groups is 2. The third-order valence-electron chi connectivity index (χ3n) is 4.82. The minimum Gasteiger partial charge on any atom is -0.507 e. The van der Waals surface area contributed by atoms with Crippen LogP contribution >= 0.6 is 0 Å².